The summed E-state index contributed by atoms with van der Waals surface area (Å²) in [5.74, 6) is -1.63. The third-order valence-electron chi connectivity index (χ3n) is 4.32. The number of carbonyl (C=O) groups excluding carboxylic acids is 3. The number of halogens is 1. The zero-order chi connectivity index (χ0) is 19.8. The van der Waals surface area contributed by atoms with E-state index in [1.807, 2.05) is 0 Å². The van der Waals surface area contributed by atoms with Gasteiger partial charge in [0, 0.05) is 10.7 Å². The van der Waals surface area contributed by atoms with Gasteiger partial charge in [0.15, 0.2) is 6.61 Å². The molecule has 0 saturated carbocycles. The first-order chi connectivity index (χ1) is 12.7. The largest absolute Gasteiger partial charge is 0.452 e. The number of para-hydroxylation sites is 2. The van der Waals surface area contributed by atoms with Crippen LogP contribution in [0.4, 0.5) is 17.1 Å². The van der Waals surface area contributed by atoms with Crippen LogP contribution in [0.25, 0.3) is 0 Å². The Balaban J connectivity index is 1.82. The van der Waals surface area contributed by atoms with Crippen LogP contribution in [0.15, 0.2) is 42.5 Å². The molecule has 1 aliphatic rings. The van der Waals surface area contributed by atoms with Crippen molar-refractivity contribution in [2.24, 2.45) is 0 Å². The lowest BCUT2D eigenvalue weighted by Gasteiger charge is -2.41. The standard InChI is InChI=1S/C19H18ClN3O4/c1-19(2)18(26)22-14-5-3-4-6-15(14)23(19)16(24)10-27-17(25)12-9-11(20)7-8-13(12)21/h3-9H,10,21H2,1-2H3,(H,22,26). The molecule has 0 fully saturated rings. The third kappa shape index (κ3) is 3.46. The molecule has 3 rings (SSSR count). The van der Waals surface area contributed by atoms with Gasteiger partial charge in [0.05, 0.1) is 16.9 Å². The number of amides is 2. The highest BCUT2D eigenvalue weighted by Crippen LogP contribution is 2.36. The van der Waals surface area contributed by atoms with Crippen LogP contribution in [0.2, 0.25) is 5.02 Å². The topological polar surface area (TPSA) is 102 Å². The molecule has 27 heavy (non-hydrogen) atoms. The second-order valence-corrected chi connectivity index (χ2v) is 7.00. The molecule has 0 aliphatic carbocycles. The van der Waals surface area contributed by atoms with E-state index in [1.54, 1.807) is 44.2 Å². The van der Waals surface area contributed by atoms with Gasteiger partial charge in [-0.15, -0.1) is 0 Å². The van der Waals surface area contributed by atoms with Gasteiger partial charge in [-0.3, -0.25) is 14.5 Å². The smallest absolute Gasteiger partial charge is 0.340 e. The number of benzene rings is 2. The fraction of sp³-hybridized carbons (Fsp3) is 0.211. The number of rotatable bonds is 3. The summed E-state index contributed by atoms with van der Waals surface area (Å²) >= 11 is 5.87. The highest BCUT2D eigenvalue weighted by atomic mass is 35.5. The van der Waals surface area contributed by atoms with E-state index in [4.69, 9.17) is 22.1 Å². The number of ether oxygens (including phenoxy) is 1. The number of nitrogens with zero attached hydrogens (tertiary/aromatic N) is 1. The Hall–Kier alpha value is -3.06. The van der Waals surface area contributed by atoms with Gasteiger partial charge >= 0.3 is 5.97 Å². The predicted octanol–water partition coefficient (Wildman–Crippen LogP) is 2.84. The molecule has 7 nitrogen and oxygen atoms in total. The van der Waals surface area contributed by atoms with Crippen molar-refractivity contribution < 1.29 is 19.1 Å². The molecule has 8 heteroatoms. The molecule has 140 valence electrons. The highest BCUT2D eigenvalue weighted by Gasteiger charge is 2.43. The van der Waals surface area contributed by atoms with Gasteiger partial charge in [-0.2, -0.15) is 0 Å². The predicted molar refractivity (Wildman–Crippen MR) is 103 cm³/mol. The van der Waals surface area contributed by atoms with Crippen molar-refractivity contribution >= 4 is 46.4 Å². The zero-order valence-electron chi connectivity index (χ0n) is 14.8. The van der Waals surface area contributed by atoms with Crippen molar-refractivity contribution in [2.45, 2.75) is 19.4 Å². The van der Waals surface area contributed by atoms with E-state index in [0.29, 0.717) is 16.4 Å². The number of nitrogens with two attached hydrogens (primary N) is 1. The van der Waals surface area contributed by atoms with Crippen molar-refractivity contribution in [2.75, 3.05) is 22.6 Å². The summed E-state index contributed by atoms with van der Waals surface area (Å²) in [6, 6.07) is 11.3. The number of fused-ring (bicyclic) bond motifs is 1. The van der Waals surface area contributed by atoms with Crippen molar-refractivity contribution in [3.8, 4) is 0 Å². The summed E-state index contributed by atoms with van der Waals surface area (Å²) in [7, 11) is 0. The van der Waals surface area contributed by atoms with Crippen LogP contribution >= 0.6 is 11.6 Å². The molecule has 0 aromatic heterocycles. The van der Waals surface area contributed by atoms with Gasteiger partial charge in [-0.05, 0) is 44.2 Å². The number of anilines is 3. The molecular weight excluding hydrogens is 370 g/mol. The van der Waals surface area contributed by atoms with E-state index >= 15 is 0 Å². The molecule has 1 heterocycles. The Bertz CT molecular complexity index is 942. The molecule has 0 bridgehead atoms. The minimum Gasteiger partial charge on any atom is -0.452 e. The molecule has 1 aliphatic heterocycles. The van der Waals surface area contributed by atoms with E-state index in [2.05, 4.69) is 5.32 Å². The number of hydrogen-bond donors (Lipinski definition) is 2. The number of hydrogen-bond acceptors (Lipinski definition) is 5. The van der Waals surface area contributed by atoms with Crippen LogP contribution in [0.5, 0.6) is 0 Å². The monoisotopic (exact) mass is 387 g/mol. The van der Waals surface area contributed by atoms with Crippen molar-refractivity contribution in [1.29, 1.82) is 0 Å². The first-order valence-corrected chi connectivity index (χ1v) is 8.55. The summed E-state index contributed by atoms with van der Waals surface area (Å²) in [5, 5.41) is 3.09. The lowest BCUT2D eigenvalue weighted by atomic mass is 9.96. The van der Waals surface area contributed by atoms with Crippen molar-refractivity contribution in [3.05, 3.63) is 53.1 Å². The molecular formula is C19H18ClN3O4. The van der Waals surface area contributed by atoms with Gasteiger partial charge in [-0.1, -0.05) is 23.7 Å². The highest BCUT2D eigenvalue weighted by molar-refractivity contribution is 6.31. The van der Waals surface area contributed by atoms with E-state index in [0.717, 1.165) is 0 Å². The summed E-state index contributed by atoms with van der Waals surface area (Å²) in [6.07, 6.45) is 0. The van der Waals surface area contributed by atoms with Crippen LogP contribution in [-0.2, 0) is 14.3 Å². The fourth-order valence-electron chi connectivity index (χ4n) is 2.87. The average Bonchev–Trinajstić information content (AvgIpc) is 2.62. The second kappa shape index (κ2) is 6.92. The number of nitrogen functional groups attached to an aromatic ring is 1. The Labute approximate surface area is 161 Å². The summed E-state index contributed by atoms with van der Waals surface area (Å²) < 4.78 is 5.12. The molecule has 2 aromatic carbocycles. The average molecular weight is 388 g/mol. The fourth-order valence-corrected chi connectivity index (χ4v) is 3.05. The Kier molecular flexibility index (Phi) is 4.80. The first-order valence-electron chi connectivity index (χ1n) is 8.17. The van der Waals surface area contributed by atoms with Crippen LogP contribution in [0, 0.1) is 0 Å². The van der Waals surface area contributed by atoms with E-state index < -0.39 is 24.0 Å². The molecule has 0 spiro atoms. The number of carbonyl (C=O) groups is 3. The van der Waals surface area contributed by atoms with Crippen molar-refractivity contribution in [3.63, 3.8) is 0 Å². The molecule has 0 unspecified atom stereocenters. The molecule has 0 atom stereocenters. The maximum Gasteiger partial charge on any atom is 0.340 e. The number of nitrogens with one attached hydrogen (secondary N) is 1. The maximum absolute atomic E-state index is 12.8. The number of esters is 1. The van der Waals surface area contributed by atoms with Crippen molar-refractivity contribution in [1.82, 2.24) is 0 Å². The maximum atomic E-state index is 12.8. The summed E-state index contributed by atoms with van der Waals surface area (Å²) in [4.78, 5) is 38.8. The quantitative estimate of drug-likeness (QED) is 0.622. The van der Waals surface area contributed by atoms with Gasteiger partial charge in [-0.25, -0.2) is 4.79 Å². The summed E-state index contributed by atoms with van der Waals surface area (Å²) in [5.41, 5.74) is 5.93. The van der Waals surface area contributed by atoms with E-state index in [-0.39, 0.29) is 17.2 Å². The molecule has 0 saturated heterocycles. The van der Waals surface area contributed by atoms with Crippen LogP contribution in [0.3, 0.4) is 0 Å². The van der Waals surface area contributed by atoms with Gasteiger partial charge in [0.25, 0.3) is 5.91 Å². The third-order valence-corrected chi connectivity index (χ3v) is 4.55. The van der Waals surface area contributed by atoms with Crippen LogP contribution in [0.1, 0.15) is 24.2 Å². The zero-order valence-corrected chi connectivity index (χ0v) is 15.5. The SMILES string of the molecule is CC1(C)C(=O)Nc2ccccc2N1C(=O)COC(=O)c1cc(Cl)ccc1N. The Morgan fingerprint density at radius 1 is 1.22 bits per heavy atom. The lowest BCUT2D eigenvalue weighted by Crippen LogP contribution is -2.59. The molecule has 2 aromatic rings. The van der Waals surface area contributed by atoms with Gasteiger partial charge in [0.2, 0.25) is 5.91 Å². The Morgan fingerprint density at radius 3 is 2.67 bits per heavy atom. The minimum absolute atomic E-state index is 0.0753. The van der Waals surface area contributed by atoms with E-state index in [1.165, 1.54) is 17.0 Å². The normalized spacial score (nSPS) is 14.9. The lowest BCUT2D eigenvalue weighted by molar-refractivity contribution is -0.128. The molecule has 2 amide bonds. The summed E-state index contributed by atoms with van der Waals surface area (Å²) in [6.45, 7) is 2.69. The first kappa shape index (κ1) is 18.7. The second-order valence-electron chi connectivity index (χ2n) is 6.57. The molecule has 3 N–H and O–H groups in total. The van der Waals surface area contributed by atoms with Gasteiger partial charge in [0.1, 0.15) is 5.54 Å². The Morgan fingerprint density at radius 2 is 1.93 bits per heavy atom. The molecule has 0 radical (unpaired) electrons. The van der Waals surface area contributed by atoms with Crippen LogP contribution < -0.4 is 16.0 Å². The minimum atomic E-state index is -1.15. The van der Waals surface area contributed by atoms with Crippen LogP contribution in [-0.4, -0.2) is 29.9 Å². The van der Waals surface area contributed by atoms with E-state index in [9.17, 15) is 14.4 Å². The van der Waals surface area contributed by atoms with Gasteiger partial charge < -0.3 is 15.8 Å².